The Morgan fingerprint density at radius 1 is 1.23 bits per heavy atom. The molecule has 2 N–H and O–H groups in total. The third kappa shape index (κ3) is 6.56. The molecule has 10 heteroatoms. The molecular weight excluding hydrogens is 450 g/mol. The SMILES string of the molecule is C[C@@H](C(=O)N[C@H]1CN(C(=O)Cc2cccnc2)c2ccccc2NC1=O)N(C)C(=O)OC(C)(C)C. The molecule has 0 spiro atoms. The molecular formula is C25H31N5O5. The van der Waals surface area contributed by atoms with Gasteiger partial charge in [-0.25, -0.2) is 4.79 Å². The van der Waals surface area contributed by atoms with Crippen LogP contribution >= 0.6 is 0 Å². The molecule has 0 unspecified atom stereocenters. The number of pyridine rings is 1. The van der Waals surface area contributed by atoms with E-state index in [0.717, 1.165) is 10.5 Å². The van der Waals surface area contributed by atoms with Crippen LogP contribution in [0.3, 0.4) is 0 Å². The van der Waals surface area contributed by atoms with Gasteiger partial charge in [0.15, 0.2) is 0 Å². The van der Waals surface area contributed by atoms with Gasteiger partial charge in [-0.05, 0) is 51.5 Å². The predicted octanol–water partition coefficient (Wildman–Crippen LogP) is 2.35. The van der Waals surface area contributed by atoms with E-state index in [1.54, 1.807) is 69.6 Å². The summed E-state index contributed by atoms with van der Waals surface area (Å²) in [6, 6.07) is 8.54. The Hall–Kier alpha value is -3.95. The number of nitrogens with one attached hydrogen (secondary N) is 2. The average Bonchev–Trinajstić information content (AvgIpc) is 2.93. The molecule has 0 saturated carbocycles. The van der Waals surface area contributed by atoms with E-state index in [4.69, 9.17) is 4.74 Å². The van der Waals surface area contributed by atoms with Crippen molar-refractivity contribution >= 4 is 35.2 Å². The van der Waals surface area contributed by atoms with Crippen LogP contribution in [-0.4, -0.2) is 65.0 Å². The number of para-hydroxylation sites is 2. The highest BCUT2D eigenvalue weighted by Crippen LogP contribution is 2.29. The zero-order chi connectivity index (χ0) is 25.8. The fraction of sp³-hybridized carbons (Fsp3) is 0.400. The van der Waals surface area contributed by atoms with Crippen molar-refractivity contribution in [1.82, 2.24) is 15.2 Å². The first-order chi connectivity index (χ1) is 16.5. The van der Waals surface area contributed by atoms with Crippen molar-refractivity contribution in [3.05, 3.63) is 54.4 Å². The smallest absolute Gasteiger partial charge is 0.410 e. The summed E-state index contributed by atoms with van der Waals surface area (Å²) >= 11 is 0. The number of carbonyl (C=O) groups is 4. The van der Waals surface area contributed by atoms with Crippen LogP contribution in [0, 0.1) is 0 Å². The Morgan fingerprint density at radius 2 is 1.94 bits per heavy atom. The zero-order valence-electron chi connectivity index (χ0n) is 20.6. The van der Waals surface area contributed by atoms with Crippen molar-refractivity contribution in [3.63, 3.8) is 0 Å². The van der Waals surface area contributed by atoms with Gasteiger partial charge in [-0.1, -0.05) is 18.2 Å². The minimum Gasteiger partial charge on any atom is -0.444 e. The molecule has 1 aliphatic rings. The first-order valence-electron chi connectivity index (χ1n) is 11.3. The Kier molecular flexibility index (Phi) is 7.73. The molecule has 2 heterocycles. The maximum Gasteiger partial charge on any atom is 0.410 e. The van der Waals surface area contributed by atoms with Gasteiger partial charge < -0.3 is 20.3 Å². The van der Waals surface area contributed by atoms with Crippen molar-refractivity contribution in [3.8, 4) is 0 Å². The number of amides is 4. The van der Waals surface area contributed by atoms with E-state index in [1.807, 2.05) is 0 Å². The lowest BCUT2D eigenvalue weighted by Gasteiger charge is -2.29. The molecule has 0 radical (unpaired) electrons. The van der Waals surface area contributed by atoms with Gasteiger partial charge in [0, 0.05) is 19.4 Å². The lowest BCUT2D eigenvalue weighted by Crippen LogP contribution is -2.55. The molecule has 0 aliphatic carbocycles. The molecule has 35 heavy (non-hydrogen) atoms. The number of aromatic nitrogens is 1. The first-order valence-corrected chi connectivity index (χ1v) is 11.3. The van der Waals surface area contributed by atoms with E-state index >= 15 is 0 Å². The van der Waals surface area contributed by atoms with E-state index in [2.05, 4.69) is 15.6 Å². The molecule has 10 nitrogen and oxygen atoms in total. The number of benzene rings is 1. The normalized spacial score (nSPS) is 16.3. The van der Waals surface area contributed by atoms with Crippen LogP contribution in [0.1, 0.15) is 33.3 Å². The molecule has 0 fully saturated rings. The van der Waals surface area contributed by atoms with Gasteiger partial charge >= 0.3 is 6.09 Å². The monoisotopic (exact) mass is 481 g/mol. The number of rotatable bonds is 5. The molecule has 2 aromatic rings. The summed E-state index contributed by atoms with van der Waals surface area (Å²) in [6.45, 7) is 6.65. The van der Waals surface area contributed by atoms with Crippen LogP contribution in [0.25, 0.3) is 0 Å². The lowest BCUT2D eigenvalue weighted by molar-refractivity contribution is -0.129. The van der Waals surface area contributed by atoms with Gasteiger partial charge in [0.2, 0.25) is 17.7 Å². The number of carbonyl (C=O) groups excluding carboxylic acids is 4. The highest BCUT2D eigenvalue weighted by atomic mass is 16.6. The maximum atomic E-state index is 13.3. The molecule has 2 atom stereocenters. The molecule has 186 valence electrons. The summed E-state index contributed by atoms with van der Waals surface area (Å²) in [4.78, 5) is 58.3. The second kappa shape index (κ2) is 10.5. The van der Waals surface area contributed by atoms with Gasteiger partial charge in [0.25, 0.3) is 0 Å². The molecule has 1 aliphatic heterocycles. The standard InChI is InChI=1S/C25H31N5O5/c1-16(29(5)24(34)35-25(2,3)4)22(32)28-19-15-30(21(31)13-17-9-8-12-26-14-17)20-11-7-6-10-18(20)27-23(19)33/h6-12,14,16,19H,13,15H2,1-5H3,(H,27,33)(H,28,32)/t16-,19-/m0/s1. The summed E-state index contributed by atoms with van der Waals surface area (Å²) in [5.41, 5.74) is 1.01. The fourth-order valence-corrected chi connectivity index (χ4v) is 3.48. The topological polar surface area (TPSA) is 121 Å². The predicted molar refractivity (Wildman–Crippen MR) is 131 cm³/mol. The largest absolute Gasteiger partial charge is 0.444 e. The van der Waals surface area contributed by atoms with E-state index in [9.17, 15) is 19.2 Å². The molecule has 0 saturated heterocycles. The van der Waals surface area contributed by atoms with Crippen molar-refractivity contribution in [1.29, 1.82) is 0 Å². The molecule has 3 rings (SSSR count). The van der Waals surface area contributed by atoms with E-state index in [1.165, 1.54) is 18.9 Å². The molecule has 0 bridgehead atoms. The number of likely N-dealkylation sites (N-methyl/N-ethyl adjacent to an activating group) is 1. The summed E-state index contributed by atoms with van der Waals surface area (Å²) in [5, 5.41) is 5.47. The number of ether oxygens (including phenoxy) is 1. The van der Waals surface area contributed by atoms with E-state index in [0.29, 0.717) is 11.4 Å². The summed E-state index contributed by atoms with van der Waals surface area (Å²) in [5.74, 6) is -1.26. The summed E-state index contributed by atoms with van der Waals surface area (Å²) in [6.07, 6.45) is 2.65. The molecule has 1 aromatic carbocycles. The quantitative estimate of drug-likeness (QED) is 0.676. The van der Waals surface area contributed by atoms with Crippen LogP contribution in [-0.2, 0) is 25.5 Å². The van der Waals surface area contributed by atoms with Crippen molar-refractivity contribution < 1.29 is 23.9 Å². The van der Waals surface area contributed by atoms with Crippen LogP contribution < -0.4 is 15.5 Å². The number of anilines is 2. The molecule has 4 amide bonds. The number of hydrogen-bond acceptors (Lipinski definition) is 6. The Labute approximate surface area is 204 Å². The van der Waals surface area contributed by atoms with Crippen LogP contribution in [0.15, 0.2) is 48.8 Å². The van der Waals surface area contributed by atoms with Crippen molar-refractivity contribution in [2.24, 2.45) is 0 Å². The Bertz CT molecular complexity index is 1100. The fourth-order valence-electron chi connectivity index (χ4n) is 3.48. The molecule has 1 aromatic heterocycles. The zero-order valence-corrected chi connectivity index (χ0v) is 20.6. The third-order valence-electron chi connectivity index (χ3n) is 5.47. The van der Waals surface area contributed by atoms with Gasteiger partial charge in [0.1, 0.15) is 17.7 Å². The third-order valence-corrected chi connectivity index (χ3v) is 5.47. The van der Waals surface area contributed by atoms with Crippen molar-refractivity contribution in [2.75, 3.05) is 23.8 Å². The minimum atomic E-state index is -1.04. The van der Waals surface area contributed by atoms with E-state index < -0.39 is 35.6 Å². The summed E-state index contributed by atoms with van der Waals surface area (Å²) in [7, 11) is 1.45. The highest BCUT2D eigenvalue weighted by molar-refractivity contribution is 6.07. The number of fused-ring (bicyclic) bond motifs is 1. The maximum absolute atomic E-state index is 13.3. The highest BCUT2D eigenvalue weighted by Gasteiger charge is 2.34. The van der Waals surface area contributed by atoms with E-state index in [-0.39, 0.29) is 18.9 Å². The van der Waals surface area contributed by atoms with Gasteiger partial charge in [-0.3, -0.25) is 24.3 Å². The second-order valence-electron chi connectivity index (χ2n) is 9.38. The summed E-state index contributed by atoms with van der Waals surface area (Å²) < 4.78 is 5.32. The van der Waals surface area contributed by atoms with Crippen LogP contribution in [0.4, 0.5) is 16.2 Å². The Balaban J connectivity index is 1.78. The van der Waals surface area contributed by atoms with Crippen LogP contribution in [0.2, 0.25) is 0 Å². The van der Waals surface area contributed by atoms with Gasteiger partial charge in [0.05, 0.1) is 24.3 Å². The number of nitrogens with zero attached hydrogens (tertiary/aromatic N) is 3. The van der Waals surface area contributed by atoms with Gasteiger partial charge in [-0.15, -0.1) is 0 Å². The minimum absolute atomic E-state index is 0.0729. The van der Waals surface area contributed by atoms with Crippen LogP contribution in [0.5, 0.6) is 0 Å². The first kappa shape index (κ1) is 25.7. The Morgan fingerprint density at radius 3 is 2.60 bits per heavy atom. The lowest BCUT2D eigenvalue weighted by atomic mass is 10.1. The average molecular weight is 482 g/mol. The van der Waals surface area contributed by atoms with Crippen molar-refractivity contribution in [2.45, 2.75) is 51.8 Å². The number of hydrogen-bond donors (Lipinski definition) is 2. The second-order valence-corrected chi connectivity index (χ2v) is 9.38. The van der Waals surface area contributed by atoms with Gasteiger partial charge in [-0.2, -0.15) is 0 Å².